The molecule has 0 radical (unpaired) electrons. The van der Waals surface area contributed by atoms with Crippen LogP contribution in [0.3, 0.4) is 0 Å². The van der Waals surface area contributed by atoms with Crippen LogP contribution in [-0.4, -0.2) is 11.2 Å². The number of hydrogen-bond donors (Lipinski definition) is 1. The fourth-order valence-electron chi connectivity index (χ4n) is 0.913. The van der Waals surface area contributed by atoms with Crippen molar-refractivity contribution in [2.45, 2.75) is 19.0 Å². The summed E-state index contributed by atoms with van der Waals surface area (Å²) < 4.78 is 38.4. The van der Waals surface area contributed by atoms with Crippen molar-refractivity contribution < 1.29 is 18.3 Å². The molecule has 13 heavy (non-hydrogen) atoms. The lowest BCUT2D eigenvalue weighted by Gasteiger charge is -2.19. The van der Waals surface area contributed by atoms with Gasteiger partial charge in [-0.2, -0.15) is 8.78 Å². The zero-order valence-electron chi connectivity index (χ0n) is 6.97. The molecule has 1 aromatic carbocycles. The van der Waals surface area contributed by atoms with Gasteiger partial charge in [0.15, 0.2) is 0 Å². The molecule has 0 aromatic heterocycles. The average molecular weight is 190 g/mol. The molecular formula is C9H9F3O. The molecule has 0 amide bonds. The molecule has 0 bridgehead atoms. The van der Waals surface area contributed by atoms with Crippen molar-refractivity contribution in [2.75, 3.05) is 0 Å². The topological polar surface area (TPSA) is 20.2 Å². The van der Waals surface area contributed by atoms with E-state index in [1.807, 2.05) is 0 Å². The van der Waals surface area contributed by atoms with Crippen LogP contribution in [0, 0.1) is 5.82 Å². The summed E-state index contributed by atoms with van der Waals surface area (Å²) in [6.07, 6.45) is -1.78. The highest BCUT2D eigenvalue weighted by Crippen LogP contribution is 2.31. The molecule has 0 aliphatic heterocycles. The van der Waals surface area contributed by atoms with Gasteiger partial charge in [0.1, 0.15) is 11.9 Å². The summed E-state index contributed by atoms with van der Waals surface area (Å²) in [5.41, 5.74) is -0.385. The van der Waals surface area contributed by atoms with Crippen molar-refractivity contribution in [3.05, 3.63) is 35.6 Å². The number of aliphatic hydroxyl groups excluding tert-OH is 1. The van der Waals surface area contributed by atoms with Crippen LogP contribution in [0.15, 0.2) is 24.3 Å². The van der Waals surface area contributed by atoms with Crippen LogP contribution >= 0.6 is 0 Å². The summed E-state index contributed by atoms with van der Waals surface area (Å²) in [6, 6.07) is 3.79. The van der Waals surface area contributed by atoms with Crippen LogP contribution in [0.1, 0.15) is 12.5 Å². The van der Waals surface area contributed by atoms with Gasteiger partial charge in [0.25, 0.3) is 5.92 Å². The molecule has 0 fully saturated rings. The van der Waals surface area contributed by atoms with Gasteiger partial charge in [0.2, 0.25) is 0 Å². The van der Waals surface area contributed by atoms with Crippen LogP contribution < -0.4 is 0 Å². The summed E-state index contributed by atoms with van der Waals surface area (Å²) >= 11 is 0. The second-order valence-corrected chi connectivity index (χ2v) is 2.81. The Labute approximate surface area is 73.8 Å². The van der Waals surface area contributed by atoms with Gasteiger partial charge >= 0.3 is 0 Å². The highest BCUT2D eigenvalue weighted by molar-refractivity contribution is 5.21. The molecule has 0 aliphatic rings. The Morgan fingerprint density at radius 2 is 1.69 bits per heavy atom. The van der Waals surface area contributed by atoms with Gasteiger partial charge in [0.05, 0.1) is 0 Å². The van der Waals surface area contributed by atoms with E-state index in [0.29, 0.717) is 0 Å². The first-order chi connectivity index (χ1) is 5.94. The lowest BCUT2D eigenvalue weighted by molar-refractivity contribution is -0.106. The summed E-state index contributed by atoms with van der Waals surface area (Å²) in [6.45, 7) is 0.989. The molecule has 1 N–H and O–H groups in total. The van der Waals surface area contributed by atoms with Crippen LogP contribution in [0.25, 0.3) is 0 Å². The van der Waals surface area contributed by atoms with Crippen molar-refractivity contribution in [3.63, 3.8) is 0 Å². The van der Waals surface area contributed by atoms with E-state index in [4.69, 9.17) is 5.11 Å². The molecule has 4 heteroatoms. The lowest BCUT2D eigenvalue weighted by Crippen LogP contribution is -2.27. The minimum Gasteiger partial charge on any atom is -0.387 e. The third-order valence-corrected chi connectivity index (χ3v) is 1.75. The first-order valence-electron chi connectivity index (χ1n) is 3.76. The summed E-state index contributed by atoms with van der Waals surface area (Å²) in [5, 5.41) is 8.76. The van der Waals surface area contributed by atoms with Crippen LogP contribution in [-0.2, 0) is 5.92 Å². The van der Waals surface area contributed by atoms with Gasteiger partial charge in [-0.15, -0.1) is 0 Å². The van der Waals surface area contributed by atoms with E-state index in [9.17, 15) is 13.2 Å². The number of benzene rings is 1. The van der Waals surface area contributed by atoms with Crippen molar-refractivity contribution in [2.24, 2.45) is 0 Å². The Balaban J connectivity index is 3.01. The maximum atomic E-state index is 13.0. The SMILES string of the molecule is CC(O)C(F)(F)c1ccc(F)cc1. The monoisotopic (exact) mass is 190 g/mol. The Morgan fingerprint density at radius 1 is 1.23 bits per heavy atom. The molecule has 0 saturated carbocycles. The van der Waals surface area contributed by atoms with Crippen molar-refractivity contribution in [1.82, 2.24) is 0 Å². The lowest BCUT2D eigenvalue weighted by atomic mass is 10.0. The van der Waals surface area contributed by atoms with E-state index >= 15 is 0 Å². The largest absolute Gasteiger partial charge is 0.387 e. The molecule has 0 heterocycles. The predicted octanol–water partition coefficient (Wildman–Crippen LogP) is 2.30. The third kappa shape index (κ3) is 2.01. The number of aliphatic hydroxyl groups is 1. The first-order valence-corrected chi connectivity index (χ1v) is 3.76. The van der Waals surface area contributed by atoms with Gasteiger partial charge in [0, 0.05) is 5.56 Å². The summed E-state index contributed by atoms with van der Waals surface area (Å²) in [7, 11) is 0. The highest BCUT2D eigenvalue weighted by atomic mass is 19.3. The molecular weight excluding hydrogens is 181 g/mol. The van der Waals surface area contributed by atoms with Gasteiger partial charge in [-0.05, 0) is 19.1 Å². The number of alkyl halides is 2. The quantitative estimate of drug-likeness (QED) is 0.758. The maximum absolute atomic E-state index is 13.0. The molecule has 0 aliphatic carbocycles. The minimum atomic E-state index is -3.33. The maximum Gasteiger partial charge on any atom is 0.298 e. The van der Waals surface area contributed by atoms with E-state index in [1.54, 1.807) is 0 Å². The molecule has 0 spiro atoms. The van der Waals surface area contributed by atoms with Crippen molar-refractivity contribution >= 4 is 0 Å². The molecule has 0 saturated heterocycles. The zero-order valence-corrected chi connectivity index (χ0v) is 6.97. The van der Waals surface area contributed by atoms with E-state index < -0.39 is 17.8 Å². The van der Waals surface area contributed by atoms with Crippen molar-refractivity contribution in [1.29, 1.82) is 0 Å². The third-order valence-electron chi connectivity index (χ3n) is 1.75. The summed E-state index contributed by atoms with van der Waals surface area (Å²) in [4.78, 5) is 0. The van der Waals surface area contributed by atoms with Gasteiger partial charge in [-0.25, -0.2) is 4.39 Å². The van der Waals surface area contributed by atoms with E-state index in [2.05, 4.69) is 0 Å². The second-order valence-electron chi connectivity index (χ2n) is 2.81. The molecule has 1 nitrogen and oxygen atoms in total. The predicted molar refractivity (Wildman–Crippen MR) is 42.0 cm³/mol. The van der Waals surface area contributed by atoms with Crippen LogP contribution in [0.4, 0.5) is 13.2 Å². The Hall–Kier alpha value is -1.03. The Bertz CT molecular complexity index is 279. The Morgan fingerprint density at radius 3 is 2.08 bits per heavy atom. The van der Waals surface area contributed by atoms with E-state index in [0.717, 1.165) is 31.2 Å². The zero-order chi connectivity index (χ0) is 10.1. The molecule has 72 valence electrons. The smallest absolute Gasteiger partial charge is 0.298 e. The molecule has 1 atom stereocenters. The summed E-state index contributed by atoms with van der Waals surface area (Å²) in [5.74, 6) is -3.90. The molecule has 1 aromatic rings. The van der Waals surface area contributed by atoms with Gasteiger partial charge < -0.3 is 5.11 Å². The van der Waals surface area contributed by atoms with Crippen molar-refractivity contribution in [3.8, 4) is 0 Å². The van der Waals surface area contributed by atoms with E-state index in [1.165, 1.54) is 0 Å². The van der Waals surface area contributed by atoms with E-state index in [-0.39, 0.29) is 5.56 Å². The Kier molecular flexibility index (Phi) is 2.61. The number of hydrogen-bond acceptors (Lipinski definition) is 1. The average Bonchev–Trinajstić information content (AvgIpc) is 2.04. The number of rotatable bonds is 2. The first kappa shape index (κ1) is 10.1. The minimum absolute atomic E-state index is 0.385. The standard InChI is InChI=1S/C9H9F3O/c1-6(13)9(11,12)7-2-4-8(10)5-3-7/h2-6,13H,1H3. The van der Waals surface area contributed by atoms with Crippen LogP contribution in [0.5, 0.6) is 0 Å². The fraction of sp³-hybridized carbons (Fsp3) is 0.333. The second kappa shape index (κ2) is 3.38. The van der Waals surface area contributed by atoms with Gasteiger partial charge in [-0.3, -0.25) is 0 Å². The normalized spacial score (nSPS) is 14.2. The van der Waals surface area contributed by atoms with Gasteiger partial charge in [-0.1, -0.05) is 12.1 Å². The molecule has 1 unspecified atom stereocenters. The highest BCUT2D eigenvalue weighted by Gasteiger charge is 2.37. The number of halogens is 3. The fourth-order valence-corrected chi connectivity index (χ4v) is 0.913. The molecule has 1 rings (SSSR count). The van der Waals surface area contributed by atoms with Crippen LogP contribution in [0.2, 0.25) is 0 Å².